The summed E-state index contributed by atoms with van der Waals surface area (Å²) in [4.78, 5) is 32.1. The number of hydrogen-bond acceptors (Lipinski definition) is 5. The first-order valence-electron chi connectivity index (χ1n) is 6.78. The van der Waals surface area contributed by atoms with Gasteiger partial charge in [0, 0.05) is 42.9 Å². The van der Waals surface area contributed by atoms with Gasteiger partial charge in [-0.15, -0.1) is 0 Å². The first-order chi connectivity index (χ1) is 10.2. The maximum Gasteiger partial charge on any atom is 0.246 e. The molecule has 2 aromatic heterocycles. The molecule has 4 rings (SSSR count). The SMILES string of the molecule is COC1=CC(=O)c2c(ncc3c4c([nH]c23)CCNC4)C1=O. The van der Waals surface area contributed by atoms with E-state index in [0.717, 1.165) is 36.2 Å². The lowest BCUT2D eigenvalue weighted by Crippen LogP contribution is -2.22. The number of carbonyl (C=O) groups excluding carboxylic acids is 2. The number of ether oxygens (including phenoxy) is 1. The summed E-state index contributed by atoms with van der Waals surface area (Å²) in [6, 6.07) is 0. The normalized spacial score (nSPS) is 17.5. The van der Waals surface area contributed by atoms with Gasteiger partial charge in [-0.05, 0) is 5.56 Å². The Morgan fingerprint density at radius 1 is 1.33 bits per heavy atom. The fourth-order valence-corrected chi connectivity index (χ4v) is 3.04. The number of methoxy groups -OCH3 is 1. The van der Waals surface area contributed by atoms with Crippen molar-refractivity contribution in [2.45, 2.75) is 13.0 Å². The molecule has 1 aliphatic heterocycles. The number of aromatic amines is 1. The van der Waals surface area contributed by atoms with Crippen LogP contribution in [0.15, 0.2) is 18.0 Å². The Hall–Kier alpha value is -2.47. The highest BCUT2D eigenvalue weighted by Crippen LogP contribution is 2.31. The molecule has 0 aromatic carbocycles. The van der Waals surface area contributed by atoms with Crippen molar-refractivity contribution in [2.75, 3.05) is 13.7 Å². The molecule has 0 spiro atoms. The number of hydrogen-bond donors (Lipinski definition) is 2. The van der Waals surface area contributed by atoms with Crippen LogP contribution in [0.5, 0.6) is 0 Å². The molecule has 2 aromatic rings. The van der Waals surface area contributed by atoms with Gasteiger partial charge in [0.05, 0.1) is 18.2 Å². The predicted molar refractivity (Wildman–Crippen MR) is 75.3 cm³/mol. The highest BCUT2D eigenvalue weighted by atomic mass is 16.5. The zero-order chi connectivity index (χ0) is 14.6. The Bertz CT molecular complexity index is 832. The molecule has 0 amide bonds. The molecule has 0 fully saturated rings. The van der Waals surface area contributed by atoms with Crippen LogP contribution in [0.1, 0.15) is 32.1 Å². The van der Waals surface area contributed by atoms with E-state index in [1.807, 2.05) is 0 Å². The topological polar surface area (TPSA) is 84.1 Å². The van der Waals surface area contributed by atoms with E-state index in [9.17, 15) is 9.59 Å². The van der Waals surface area contributed by atoms with E-state index in [1.54, 1.807) is 6.20 Å². The zero-order valence-corrected chi connectivity index (χ0v) is 11.4. The number of allylic oxidation sites excluding steroid dienone is 2. The summed E-state index contributed by atoms with van der Waals surface area (Å²) in [6.45, 7) is 1.65. The van der Waals surface area contributed by atoms with Crippen LogP contribution < -0.4 is 5.32 Å². The van der Waals surface area contributed by atoms with Crippen molar-refractivity contribution in [3.8, 4) is 0 Å². The molecule has 2 N–H and O–H groups in total. The van der Waals surface area contributed by atoms with Crippen molar-refractivity contribution in [1.82, 2.24) is 15.3 Å². The van der Waals surface area contributed by atoms with Crippen molar-refractivity contribution < 1.29 is 14.3 Å². The summed E-state index contributed by atoms with van der Waals surface area (Å²) < 4.78 is 4.95. The van der Waals surface area contributed by atoms with Crippen LogP contribution in [0.3, 0.4) is 0 Å². The number of nitrogens with zero attached hydrogens (tertiary/aromatic N) is 1. The van der Waals surface area contributed by atoms with Crippen molar-refractivity contribution in [2.24, 2.45) is 0 Å². The Kier molecular flexibility index (Phi) is 2.49. The monoisotopic (exact) mass is 283 g/mol. The van der Waals surface area contributed by atoms with Crippen molar-refractivity contribution >= 4 is 22.5 Å². The van der Waals surface area contributed by atoms with E-state index >= 15 is 0 Å². The fourth-order valence-electron chi connectivity index (χ4n) is 3.04. The number of carbonyl (C=O) groups is 2. The molecule has 6 nitrogen and oxygen atoms in total. The number of fused-ring (bicyclic) bond motifs is 5. The molecule has 0 radical (unpaired) electrons. The molecule has 21 heavy (non-hydrogen) atoms. The van der Waals surface area contributed by atoms with E-state index in [-0.39, 0.29) is 23.0 Å². The summed E-state index contributed by atoms with van der Waals surface area (Å²) >= 11 is 0. The van der Waals surface area contributed by atoms with Crippen LogP contribution >= 0.6 is 0 Å². The fraction of sp³-hybridized carbons (Fsp3) is 0.267. The zero-order valence-electron chi connectivity index (χ0n) is 11.4. The lowest BCUT2D eigenvalue weighted by molar-refractivity contribution is 0.0912. The molecule has 0 saturated heterocycles. The van der Waals surface area contributed by atoms with Crippen LogP contribution in [0.25, 0.3) is 10.9 Å². The third-order valence-corrected chi connectivity index (χ3v) is 4.07. The Morgan fingerprint density at radius 3 is 3.00 bits per heavy atom. The van der Waals surface area contributed by atoms with Crippen LogP contribution in [-0.4, -0.2) is 35.2 Å². The molecule has 1 aliphatic carbocycles. The average molecular weight is 283 g/mol. The van der Waals surface area contributed by atoms with Crippen LogP contribution in [0.2, 0.25) is 0 Å². The Balaban J connectivity index is 2.02. The van der Waals surface area contributed by atoms with Crippen molar-refractivity contribution in [1.29, 1.82) is 0 Å². The third-order valence-electron chi connectivity index (χ3n) is 4.07. The number of ketones is 2. The summed E-state index contributed by atoms with van der Waals surface area (Å²) in [5.41, 5.74) is 3.47. The first kappa shape index (κ1) is 12.3. The van der Waals surface area contributed by atoms with E-state index in [0.29, 0.717) is 11.1 Å². The second kappa shape index (κ2) is 4.26. The van der Waals surface area contributed by atoms with Gasteiger partial charge in [0.1, 0.15) is 5.69 Å². The predicted octanol–water partition coefficient (Wildman–Crippen LogP) is 1.12. The minimum atomic E-state index is -0.348. The van der Waals surface area contributed by atoms with Crippen LogP contribution in [0, 0.1) is 0 Å². The van der Waals surface area contributed by atoms with Gasteiger partial charge in [0.25, 0.3) is 0 Å². The molecule has 0 saturated carbocycles. The van der Waals surface area contributed by atoms with Gasteiger partial charge in [-0.25, -0.2) is 0 Å². The molecule has 0 bridgehead atoms. The van der Waals surface area contributed by atoms with E-state index in [2.05, 4.69) is 15.3 Å². The van der Waals surface area contributed by atoms with E-state index in [4.69, 9.17) is 4.74 Å². The van der Waals surface area contributed by atoms with Gasteiger partial charge < -0.3 is 15.0 Å². The van der Waals surface area contributed by atoms with Gasteiger partial charge >= 0.3 is 0 Å². The molecular weight excluding hydrogens is 270 g/mol. The molecule has 106 valence electrons. The minimum Gasteiger partial charge on any atom is -0.492 e. The summed E-state index contributed by atoms with van der Waals surface area (Å²) in [5, 5.41) is 4.21. The maximum atomic E-state index is 12.3. The largest absolute Gasteiger partial charge is 0.492 e. The lowest BCUT2D eigenvalue weighted by atomic mass is 9.96. The summed E-state index contributed by atoms with van der Waals surface area (Å²) in [6.07, 6.45) is 3.78. The highest BCUT2D eigenvalue weighted by molar-refractivity contribution is 6.26. The second-order valence-electron chi connectivity index (χ2n) is 5.19. The lowest BCUT2D eigenvalue weighted by Gasteiger charge is -2.14. The molecule has 0 atom stereocenters. The standard InChI is InChI=1S/C15H13N3O3/c1-21-11-4-10(19)12-13-8(6-17-14(12)15(11)20)7-5-16-3-2-9(7)18-13/h4,6,16,18H,2-3,5H2,1H3. The minimum absolute atomic E-state index is 0.0392. The molecular formula is C15H13N3O3. The van der Waals surface area contributed by atoms with Gasteiger partial charge in [0.2, 0.25) is 5.78 Å². The summed E-state index contributed by atoms with van der Waals surface area (Å²) in [7, 11) is 1.37. The second-order valence-corrected chi connectivity index (χ2v) is 5.19. The molecule has 0 unspecified atom stereocenters. The van der Waals surface area contributed by atoms with Gasteiger partial charge in [0.15, 0.2) is 11.5 Å². The highest BCUT2D eigenvalue weighted by Gasteiger charge is 2.31. The quantitative estimate of drug-likeness (QED) is 0.819. The van der Waals surface area contributed by atoms with Gasteiger partial charge in [-0.2, -0.15) is 0 Å². The first-order valence-corrected chi connectivity index (χ1v) is 6.78. The number of pyridine rings is 1. The molecule has 2 aliphatic rings. The van der Waals surface area contributed by atoms with Gasteiger partial charge in [-0.1, -0.05) is 0 Å². The van der Waals surface area contributed by atoms with Crippen molar-refractivity contribution in [3.63, 3.8) is 0 Å². The van der Waals surface area contributed by atoms with Crippen molar-refractivity contribution in [3.05, 3.63) is 40.5 Å². The number of rotatable bonds is 1. The van der Waals surface area contributed by atoms with Crippen LogP contribution in [-0.2, 0) is 17.7 Å². The van der Waals surface area contributed by atoms with E-state index in [1.165, 1.54) is 13.2 Å². The maximum absolute atomic E-state index is 12.3. The number of aromatic nitrogens is 2. The molecule has 3 heterocycles. The third kappa shape index (κ3) is 1.59. The van der Waals surface area contributed by atoms with Crippen LogP contribution in [0.4, 0.5) is 0 Å². The summed E-state index contributed by atoms with van der Waals surface area (Å²) in [5.74, 6) is -0.553. The van der Waals surface area contributed by atoms with E-state index < -0.39 is 0 Å². The Labute approximate surface area is 120 Å². The number of Topliss-reactive ketones (excluding diaryl/α,β-unsaturated/α-hetero) is 1. The number of H-pyrrole nitrogens is 1. The smallest absolute Gasteiger partial charge is 0.246 e. The average Bonchev–Trinajstić information content (AvgIpc) is 2.88. The Morgan fingerprint density at radius 2 is 2.19 bits per heavy atom. The molecule has 6 heteroatoms. The number of nitrogens with one attached hydrogen (secondary N) is 2. The van der Waals surface area contributed by atoms with Gasteiger partial charge in [-0.3, -0.25) is 14.6 Å².